The number of halogens is 2. The number of pyridine rings is 1. The summed E-state index contributed by atoms with van der Waals surface area (Å²) in [6.07, 6.45) is 1.60. The average molecular weight is 457 g/mol. The highest BCUT2D eigenvalue weighted by molar-refractivity contribution is 7.17. The van der Waals surface area contributed by atoms with Crippen LogP contribution in [0.15, 0.2) is 48.7 Å². The maximum Gasteiger partial charge on any atom is 0.268 e. The first-order chi connectivity index (χ1) is 15.0. The third kappa shape index (κ3) is 3.82. The van der Waals surface area contributed by atoms with Crippen LogP contribution in [0.25, 0.3) is 10.4 Å². The Morgan fingerprint density at radius 1 is 1.19 bits per heavy atom. The van der Waals surface area contributed by atoms with Gasteiger partial charge in [0.15, 0.2) is 0 Å². The molecule has 4 heterocycles. The highest BCUT2D eigenvalue weighted by Crippen LogP contribution is 2.36. The third-order valence-electron chi connectivity index (χ3n) is 5.97. The molecule has 2 atom stereocenters. The van der Waals surface area contributed by atoms with Gasteiger partial charge in [-0.2, -0.15) is 0 Å². The van der Waals surface area contributed by atoms with Crippen LogP contribution in [0, 0.1) is 0 Å². The average Bonchev–Trinajstić information content (AvgIpc) is 3.39. The van der Waals surface area contributed by atoms with Gasteiger partial charge in [-0.1, -0.05) is 23.7 Å². The lowest BCUT2D eigenvalue weighted by atomic mass is 10.1. The SMILES string of the molecule is CN[C@H]1CN(c2ccc(N3CCc4cc(-c5ccc(Cl)cc5)sc4C3=O)cn2)C[C@H]1F. The number of carbonyl (C=O) groups excluding carboxylic acids is 1. The van der Waals surface area contributed by atoms with Crippen LogP contribution in [-0.2, 0) is 6.42 Å². The highest BCUT2D eigenvalue weighted by atomic mass is 35.5. The van der Waals surface area contributed by atoms with Gasteiger partial charge in [-0.15, -0.1) is 11.3 Å². The van der Waals surface area contributed by atoms with E-state index in [1.165, 1.54) is 11.3 Å². The molecule has 3 aromatic rings. The summed E-state index contributed by atoms with van der Waals surface area (Å²) < 4.78 is 14.0. The van der Waals surface area contributed by atoms with Crippen LogP contribution in [-0.4, -0.2) is 49.8 Å². The number of benzene rings is 1. The number of hydrogen-bond donors (Lipinski definition) is 1. The summed E-state index contributed by atoms with van der Waals surface area (Å²) in [5, 5.41) is 3.70. The van der Waals surface area contributed by atoms with E-state index in [2.05, 4.69) is 16.4 Å². The molecule has 0 bridgehead atoms. The number of rotatable bonds is 4. The predicted molar refractivity (Wildman–Crippen MR) is 124 cm³/mol. The number of amides is 1. The second-order valence-corrected chi connectivity index (χ2v) is 9.36. The molecule has 0 saturated carbocycles. The Balaban J connectivity index is 1.35. The lowest BCUT2D eigenvalue weighted by Crippen LogP contribution is -2.36. The third-order valence-corrected chi connectivity index (χ3v) is 7.44. The lowest BCUT2D eigenvalue weighted by Gasteiger charge is -2.27. The molecule has 160 valence electrons. The van der Waals surface area contributed by atoms with Gasteiger partial charge in [-0.3, -0.25) is 4.79 Å². The zero-order valence-electron chi connectivity index (χ0n) is 17.0. The van der Waals surface area contributed by atoms with Crippen LogP contribution in [0.2, 0.25) is 5.02 Å². The molecule has 2 aromatic heterocycles. The number of nitrogens with one attached hydrogen (secondary N) is 1. The van der Waals surface area contributed by atoms with Crippen molar-refractivity contribution in [2.45, 2.75) is 18.6 Å². The van der Waals surface area contributed by atoms with E-state index in [4.69, 9.17) is 11.6 Å². The molecule has 1 aromatic carbocycles. The minimum atomic E-state index is -0.915. The number of alkyl halides is 1. The Bertz CT molecular complexity index is 1100. The number of fused-ring (bicyclic) bond motifs is 1. The van der Waals surface area contributed by atoms with Gasteiger partial charge in [0, 0.05) is 23.0 Å². The van der Waals surface area contributed by atoms with E-state index in [1.54, 1.807) is 18.1 Å². The number of likely N-dealkylation sites (N-methyl/N-ethyl adjacent to an activating group) is 1. The standard InChI is InChI=1S/C23H22ClFN4OS/c1-26-19-13-28(12-18(19)25)21-7-6-17(11-27-21)29-9-8-15-10-20(31-22(15)23(29)30)14-2-4-16(24)5-3-14/h2-7,10-11,18-19,26H,8-9,12-13H2,1H3/t18-,19+/m1/s1. The maximum atomic E-state index is 14.0. The first-order valence-electron chi connectivity index (χ1n) is 10.3. The molecule has 0 unspecified atom stereocenters. The molecular weight excluding hydrogens is 435 g/mol. The van der Waals surface area contributed by atoms with Crippen molar-refractivity contribution in [3.63, 3.8) is 0 Å². The molecule has 2 aliphatic heterocycles. The fourth-order valence-corrected chi connectivity index (χ4v) is 5.49. The highest BCUT2D eigenvalue weighted by Gasteiger charge is 2.33. The van der Waals surface area contributed by atoms with Gasteiger partial charge in [-0.25, -0.2) is 9.37 Å². The van der Waals surface area contributed by atoms with Crippen molar-refractivity contribution in [3.05, 3.63) is 64.1 Å². The van der Waals surface area contributed by atoms with E-state index < -0.39 is 6.17 Å². The summed E-state index contributed by atoms with van der Waals surface area (Å²) in [6, 6.07) is 13.4. The molecular formula is C23H22ClFN4OS. The largest absolute Gasteiger partial charge is 0.352 e. The molecule has 5 rings (SSSR count). The summed E-state index contributed by atoms with van der Waals surface area (Å²) in [5.41, 5.74) is 2.91. The zero-order valence-corrected chi connectivity index (χ0v) is 18.6. The molecule has 1 saturated heterocycles. The van der Waals surface area contributed by atoms with Crippen LogP contribution in [0.1, 0.15) is 15.2 Å². The number of hydrogen-bond acceptors (Lipinski definition) is 5. The maximum absolute atomic E-state index is 14.0. The Hall–Kier alpha value is -2.48. The first-order valence-corrected chi connectivity index (χ1v) is 11.5. The lowest BCUT2D eigenvalue weighted by molar-refractivity contribution is 0.0985. The number of anilines is 2. The van der Waals surface area contributed by atoms with E-state index in [0.29, 0.717) is 24.7 Å². The predicted octanol–water partition coefficient (Wildman–Crippen LogP) is 4.41. The Morgan fingerprint density at radius 3 is 2.68 bits per heavy atom. The summed E-state index contributed by atoms with van der Waals surface area (Å²) in [6.45, 7) is 1.52. The van der Waals surface area contributed by atoms with Gasteiger partial charge < -0.3 is 15.1 Å². The normalized spacial score (nSPS) is 20.9. The van der Waals surface area contributed by atoms with Crippen LogP contribution in [0.4, 0.5) is 15.9 Å². The van der Waals surface area contributed by atoms with Crippen LogP contribution in [0.3, 0.4) is 0 Å². The van der Waals surface area contributed by atoms with Crippen LogP contribution in [0.5, 0.6) is 0 Å². The van der Waals surface area contributed by atoms with Crippen molar-refractivity contribution in [2.24, 2.45) is 0 Å². The molecule has 1 amide bonds. The van der Waals surface area contributed by atoms with E-state index in [9.17, 15) is 9.18 Å². The number of aromatic nitrogens is 1. The monoisotopic (exact) mass is 456 g/mol. The zero-order chi connectivity index (χ0) is 21.5. The van der Waals surface area contributed by atoms with Crippen molar-refractivity contribution in [1.82, 2.24) is 10.3 Å². The Kier molecular flexibility index (Phi) is 5.42. The first kappa shape index (κ1) is 20.4. The topological polar surface area (TPSA) is 48.5 Å². The molecule has 0 radical (unpaired) electrons. The van der Waals surface area contributed by atoms with Crippen molar-refractivity contribution < 1.29 is 9.18 Å². The summed E-state index contributed by atoms with van der Waals surface area (Å²) in [4.78, 5) is 23.3. The summed E-state index contributed by atoms with van der Waals surface area (Å²) in [5.74, 6) is 0.733. The molecule has 31 heavy (non-hydrogen) atoms. The van der Waals surface area contributed by atoms with Crippen LogP contribution >= 0.6 is 22.9 Å². The van der Waals surface area contributed by atoms with Crippen LogP contribution < -0.4 is 15.1 Å². The minimum Gasteiger partial charge on any atom is -0.352 e. The van der Waals surface area contributed by atoms with Crippen molar-refractivity contribution in [2.75, 3.05) is 36.5 Å². The van der Waals surface area contributed by atoms with Gasteiger partial charge in [0.05, 0.1) is 29.3 Å². The van der Waals surface area contributed by atoms with Crippen molar-refractivity contribution in [1.29, 1.82) is 0 Å². The number of thiophene rings is 1. The quantitative estimate of drug-likeness (QED) is 0.631. The van der Waals surface area contributed by atoms with E-state index >= 15 is 0 Å². The van der Waals surface area contributed by atoms with Gasteiger partial charge in [-0.05, 0) is 54.9 Å². The fourth-order valence-electron chi connectivity index (χ4n) is 4.20. The molecule has 8 heteroatoms. The molecule has 2 aliphatic rings. The second kappa shape index (κ2) is 8.22. The minimum absolute atomic E-state index is 0.00116. The molecule has 1 N–H and O–H groups in total. The number of carbonyl (C=O) groups is 1. The van der Waals surface area contributed by atoms with Gasteiger partial charge in [0.2, 0.25) is 0 Å². The smallest absolute Gasteiger partial charge is 0.268 e. The van der Waals surface area contributed by atoms with E-state index in [1.807, 2.05) is 41.3 Å². The summed E-state index contributed by atoms with van der Waals surface area (Å²) >= 11 is 7.51. The summed E-state index contributed by atoms with van der Waals surface area (Å²) in [7, 11) is 1.77. The van der Waals surface area contributed by atoms with Crippen molar-refractivity contribution >= 4 is 40.4 Å². The molecule has 0 spiro atoms. The fraction of sp³-hybridized carbons (Fsp3) is 0.304. The van der Waals surface area contributed by atoms with E-state index in [-0.39, 0.29) is 11.9 Å². The van der Waals surface area contributed by atoms with Gasteiger partial charge in [0.25, 0.3) is 5.91 Å². The molecule has 5 nitrogen and oxygen atoms in total. The van der Waals surface area contributed by atoms with E-state index in [0.717, 1.165) is 38.8 Å². The molecule has 0 aliphatic carbocycles. The second-order valence-electron chi connectivity index (χ2n) is 7.87. The Labute approximate surface area is 189 Å². The Morgan fingerprint density at radius 2 is 2.00 bits per heavy atom. The van der Waals surface area contributed by atoms with Gasteiger partial charge >= 0.3 is 0 Å². The van der Waals surface area contributed by atoms with Gasteiger partial charge in [0.1, 0.15) is 12.0 Å². The van der Waals surface area contributed by atoms with Crippen molar-refractivity contribution in [3.8, 4) is 10.4 Å². The molecule has 1 fully saturated rings. The number of nitrogens with zero attached hydrogens (tertiary/aromatic N) is 3.